The van der Waals surface area contributed by atoms with Crippen LogP contribution in [0.1, 0.15) is 12.8 Å². The van der Waals surface area contributed by atoms with Crippen molar-refractivity contribution in [2.24, 2.45) is 47.3 Å². The van der Waals surface area contributed by atoms with E-state index in [1.165, 1.54) is 24.3 Å². The summed E-state index contributed by atoms with van der Waals surface area (Å²) >= 11 is 0. The fourth-order valence-corrected chi connectivity index (χ4v) is 9.76. The molecule has 6 aliphatic rings. The molecular weight excluding hydrogens is 780 g/mol. The third-order valence-electron chi connectivity index (χ3n) is 12.2. The number of carbonyl (C=O) groups excluding carboxylic acids is 4. The first-order chi connectivity index (χ1) is 27.8. The number of allylic oxidation sites excluding steroid dienone is 4. The molecule has 58 heavy (non-hydrogen) atoms. The van der Waals surface area contributed by atoms with Crippen LogP contribution in [0.2, 0.25) is 0 Å². The molecule has 0 unspecified atom stereocenters. The van der Waals surface area contributed by atoms with E-state index in [1.807, 2.05) is 24.3 Å². The maximum atomic E-state index is 15.6. The van der Waals surface area contributed by atoms with Crippen LogP contribution < -0.4 is 19.3 Å². The van der Waals surface area contributed by atoms with Crippen LogP contribution in [0.15, 0.2) is 72.8 Å². The molecule has 0 spiro atoms. The van der Waals surface area contributed by atoms with Gasteiger partial charge in [0, 0.05) is 12.1 Å². The minimum atomic E-state index is -2.49. The summed E-state index contributed by atoms with van der Waals surface area (Å²) in [6.45, 7) is 0. The van der Waals surface area contributed by atoms with E-state index in [4.69, 9.17) is 9.47 Å². The summed E-state index contributed by atoms with van der Waals surface area (Å²) < 4.78 is 134. The minimum absolute atomic E-state index is 0.0617. The number of rotatable bonds is 7. The van der Waals surface area contributed by atoms with Crippen molar-refractivity contribution in [2.45, 2.75) is 12.8 Å². The van der Waals surface area contributed by atoms with E-state index < -0.39 is 128 Å². The third kappa shape index (κ3) is 4.86. The molecule has 4 bridgehead atoms. The number of hydrogen-bond acceptors (Lipinski definition) is 6. The van der Waals surface area contributed by atoms with Crippen molar-refractivity contribution in [1.29, 1.82) is 0 Å². The van der Waals surface area contributed by atoms with Crippen LogP contribution in [0, 0.1) is 93.9 Å². The lowest BCUT2D eigenvalue weighted by Gasteiger charge is -2.19. The maximum Gasteiger partial charge on any atom is 0.238 e. The molecule has 4 aliphatic carbocycles. The Morgan fingerprint density at radius 3 is 1.02 bits per heavy atom. The molecule has 4 fully saturated rings. The van der Waals surface area contributed by atoms with Crippen molar-refractivity contribution in [3.63, 3.8) is 0 Å². The zero-order valence-corrected chi connectivity index (χ0v) is 29.3. The molecule has 2 heterocycles. The molecule has 4 amide bonds. The molecule has 0 aromatic heterocycles. The first-order valence-corrected chi connectivity index (χ1v) is 18.2. The van der Waals surface area contributed by atoms with Gasteiger partial charge in [-0.05, 0) is 60.8 Å². The molecule has 8 nitrogen and oxygen atoms in total. The monoisotopic (exact) mass is 804 g/mol. The average molecular weight is 805 g/mol. The van der Waals surface area contributed by atoms with Gasteiger partial charge in [-0.3, -0.25) is 19.2 Å². The number of hydrogen-bond donors (Lipinski definition) is 0. The lowest BCUT2D eigenvalue weighted by atomic mass is 9.85. The topological polar surface area (TPSA) is 93.2 Å². The summed E-state index contributed by atoms with van der Waals surface area (Å²) in [7, 11) is 0. The quantitative estimate of drug-likeness (QED) is 0.0804. The highest BCUT2D eigenvalue weighted by Crippen LogP contribution is 2.55. The number of benzene rings is 4. The smallest absolute Gasteiger partial charge is 0.238 e. The fourth-order valence-electron chi connectivity index (χ4n) is 9.76. The average Bonchev–Trinajstić information content (AvgIpc) is 4.08. The Morgan fingerprint density at radius 2 is 0.724 bits per heavy atom. The van der Waals surface area contributed by atoms with Gasteiger partial charge in [0.25, 0.3) is 0 Å². The van der Waals surface area contributed by atoms with Crippen LogP contribution in [0.3, 0.4) is 0 Å². The summed E-state index contributed by atoms with van der Waals surface area (Å²) in [5.74, 6) is -28.8. The summed E-state index contributed by atoms with van der Waals surface area (Å²) in [4.78, 5) is 54.7. The van der Waals surface area contributed by atoms with Crippen LogP contribution in [-0.2, 0) is 19.2 Å². The zero-order chi connectivity index (χ0) is 40.6. The summed E-state index contributed by atoms with van der Waals surface area (Å²) in [6.07, 6.45) is 8.79. The van der Waals surface area contributed by atoms with E-state index in [-0.39, 0.29) is 35.0 Å². The van der Waals surface area contributed by atoms with Gasteiger partial charge < -0.3 is 9.47 Å². The van der Waals surface area contributed by atoms with Crippen LogP contribution in [-0.4, -0.2) is 23.6 Å². The summed E-state index contributed by atoms with van der Waals surface area (Å²) in [6, 6.07) is 9.31. The van der Waals surface area contributed by atoms with Gasteiger partial charge in [0.05, 0.1) is 46.2 Å². The number of nitrogens with zero attached hydrogens (tertiary/aromatic N) is 2. The predicted molar refractivity (Wildman–Crippen MR) is 185 cm³/mol. The van der Waals surface area contributed by atoms with Gasteiger partial charge >= 0.3 is 0 Å². The van der Waals surface area contributed by atoms with Gasteiger partial charge in [-0.1, -0.05) is 36.4 Å². The van der Waals surface area contributed by atoms with Gasteiger partial charge in [0.2, 0.25) is 58.4 Å². The second-order valence-electron chi connectivity index (χ2n) is 15.1. The molecule has 4 aromatic carbocycles. The Morgan fingerprint density at radius 1 is 0.431 bits per heavy atom. The largest absolute Gasteiger partial charge is 0.451 e. The molecule has 2 aliphatic heterocycles. The van der Waals surface area contributed by atoms with E-state index in [0.717, 1.165) is 34.1 Å². The molecule has 0 radical (unpaired) electrons. The number of amides is 4. The van der Waals surface area contributed by atoms with E-state index in [2.05, 4.69) is 0 Å². The lowest BCUT2D eigenvalue weighted by Crippen LogP contribution is -2.32. The van der Waals surface area contributed by atoms with Crippen LogP contribution >= 0.6 is 0 Å². The van der Waals surface area contributed by atoms with Crippen LogP contribution in [0.5, 0.6) is 23.0 Å². The Kier molecular flexibility index (Phi) is 7.82. The maximum absolute atomic E-state index is 15.6. The molecule has 0 N–H and O–H groups in total. The van der Waals surface area contributed by atoms with Crippen LogP contribution in [0.25, 0.3) is 11.1 Å². The highest BCUT2D eigenvalue weighted by molar-refractivity contribution is 6.23. The van der Waals surface area contributed by atoms with E-state index in [1.54, 1.807) is 0 Å². The fraction of sp³-hybridized carbons (Fsp3) is 0.238. The van der Waals surface area contributed by atoms with Gasteiger partial charge in [-0.15, -0.1) is 0 Å². The Labute approximate surface area is 321 Å². The van der Waals surface area contributed by atoms with Gasteiger partial charge in [-0.25, -0.2) is 27.4 Å². The standard InChI is InChI=1S/C42H24F8N2O6/c43-29-27(30(44)34(48)37(33(29)47)57-21-5-1-3-19(13-21)51-39(53)23-15-7-8-16(11-15)24(23)40(51)54)28-31(45)35(49)38(36(50)32(28)46)58-22-6-2-4-20(14-22)52-41(55)25-17-9-10-18(12-17)26(25)42(52)56/h1-10,13-18,23-26H,11-12H2/t15-,16-,17-,18-,23-,24+,25-,26+/m0/s1. The first-order valence-electron chi connectivity index (χ1n) is 18.2. The van der Waals surface area contributed by atoms with Crippen molar-refractivity contribution in [1.82, 2.24) is 0 Å². The van der Waals surface area contributed by atoms with Crippen LogP contribution in [0.4, 0.5) is 46.5 Å². The number of anilines is 2. The van der Waals surface area contributed by atoms with Crippen molar-refractivity contribution >= 4 is 35.0 Å². The number of ether oxygens (including phenoxy) is 2. The summed E-state index contributed by atoms with van der Waals surface area (Å²) in [5.41, 5.74) is -4.43. The third-order valence-corrected chi connectivity index (χ3v) is 12.2. The molecule has 16 heteroatoms. The van der Waals surface area contributed by atoms with Gasteiger partial charge in [-0.2, -0.15) is 17.6 Å². The minimum Gasteiger partial charge on any atom is -0.451 e. The zero-order valence-electron chi connectivity index (χ0n) is 29.3. The number of imide groups is 2. The SMILES string of the molecule is O=C1[C@@H]2[C@H](C(=O)N1c1cccc(Oc3c(F)c(F)c(-c4c(F)c(F)c(Oc5cccc(N6C(=O)[C@@H]7[C@H](C6=O)[C@H]6C=C[C@H]7C6)c5)c(F)c4F)c(F)c3F)c1)[C@H]1C=C[C@H]2C1. The van der Waals surface area contributed by atoms with Crippen molar-refractivity contribution < 1.29 is 63.8 Å². The Balaban J connectivity index is 0.938. The highest BCUT2D eigenvalue weighted by Gasteiger charge is 2.61. The van der Waals surface area contributed by atoms with E-state index >= 15 is 35.1 Å². The van der Waals surface area contributed by atoms with Gasteiger partial charge in [0.1, 0.15) is 11.5 Å². The number of halogens is 8. The van der Waals surface area contributed by atoms with Crippen molar-refractivity contribution in [3.8, 4) is 34.1 Å². The summed E-state index contributed by atoms with van der Waals surface area (Å²) in [5, 5.41) is 0. The van der Waals surface area contributed by atoms with Crippen molar-refractivity contribution in [2.75, 3.05) is 9.80 Å². The second kappa shape index (κ2) is 12.6. The normalized spacial score (nSPS) is 27.4. The molecule has 294 valence electrons. The first kappa shape index (κ1) is 36.0. The van der Waals surface area contributed by atoms with E-state index in [9.17, 15) is 19.2 Å². The second-order valence-corrected chi connectivity index (χ2v) is 15.1. The molecule has 8 atom stereocenters. The predicted octanol–water partition coefficient (Wildman–Crippen LogP) is 8.67. The molecular formula is C42H24F8N2O6. The van der Waals surface area contributed by atoms with Gasteiger partial charge in [0.15, 0.2) is 23.3 Å². The molecule has 2 saturated heterocycles. The Hall–Kier alpha value is -6.32. The van der Waals surface area contributed by atoms with E-state index in [0.29, 0.717) is 12.8 Å². The molecule has 10 rings (SSSR count). The molecule has 4 aromatic rings. The Bertz CT molecular complexity index is 2350. The molecule has 2 saturated carbocycles. The lowest BCUT2D eigenvalue weighted by molar-refractivity contribution is -0.124. The number of carbonyl (C=O) groups is 4. The highest BCUT2D eigenvalue weighted by atomic mass is 19.2. The number of fused-ring (bicyclic) bond motifs is 10. The van der Waals surface area contributed by atoms with Crippen molar-refractivity contribution in [3.05, 3.63) is 119 Å².